The summed E-state index contributed by atoms with van der Waals surface area (Å²) in [6.45, 7) is -0.225. The standard InChI is InChI=1S/C16H12FNO3/c17-12-5-8-15(20)14(10-12)16(21)18-13-6-3-11(4-7-13)2-1-9-19/h3-8,10,19-20H,9H2,(H,18,21). The molecule has 0 aliphatic rings. The normalized spacial score (nSPS) is 9.62. The number of rotatable bonds is 2. The number of benzene rings is 2. The number of halogens is 1. The lowest BCUT2D eigenvalue weighted by Gasteiger charge is -2.07. The highest BCUT2D eigenvalue weighted by molar-refractivity contribution is 6.06. The van der Waals surface area contributed by atoms with E-state index in [2.05, 4.69) is 17.2 Å². The Morgan fingerprint density at radius 2 is 1.90 bits per heavy atom. The molecule has 0 saturated heterocycles. The predicted octanol–water partition coefficient (Wildman–Crippen LogP) is 2.13. The Balaban J connectivity index is 2.14. The van der Waals surface area contributed by atoms with E-state index in [9.17, 15) is 14.3 Å². The molecule has 3 N–H and O–H groups in total. The molecule has 0 spiro atoms. The molecule has 0 aliphatic heterocycles. The first kappa shape index (κ1) is 14.6. The van der Waals surface area contributed by atoms with Crippen LogP contribution in [0, 0.1) is 17.7 Å². The Kier molecular flexibility index (Phi) is 4.54. The summed E-state index contributed by atoms with van der Waals surface area (Å²) in [5.74, 6) is 3.72. The number of phenols is 1. The quantitative estimate of drug-likeness (QED) is 0.740. The molecule has 0 saturated carbocycles. The van der Waals surface area contributed by atoms with Crippen LogP contribution in [0.15, 0.2) is 42.5 Å². The summed E-state index contributed by atoms with van der Waals surface area (Å²) in [6.07, 6.45) is 0. The van der Waals surface area contributed by atoms with Gasteiger partial charge in [-0.05, 0) is 42.5 Å². The molecule has 4 nitrogen and oxygen atoms in total. The number of aliphatic hydroxyl groups is 1. The van der Waals surface area contributed by atoms with Gasteiger partial charge in [-0.15, -0.1) is 0 Å². The Bertz CT molecular complexity index is 715. The van der Waals surface area contributed by atoms with Crippen molar-refractivity contribution in [1.82, 2.24) is 0 Å². The number of carbonyl (C=O) groups is 1. The van der Waals surface area contributed by atoms with Gasteiger partial charge < -0.3 is 15.5 Å². The molecule has 0 aromatic heterocycles. The number of hydrogen-bond acceptors (Lipinski definition) is 3. The zero-order valence-corrected chi connectivity index (χ0v) is 10.9. The van der Waals surface area contributed by atoms with Gasteiger partial charge >= 0.3 is 0 Å². The van der Waals surface area contributed by atoms with Gasteiger partial charge in [-0.3, -0.25) is 4.79 Å². The molecule has 0 bridgehead atoms. The van der Waals surface area contributed by atoms with Gasteiger partial charge in [0, 0.05) is 11.3 Å². The van der Waals surface area contributed by atoms with Crippen LogP contribution in [0.3, 0.4) is 0 Å². The summed E-state index contributed by atoms with van der Waals surface area (Å²) in [7, 11) is 0. The summed E-state index contributed by atoms with van der Waals surface area (Å²) in [5, 5.41) is 20.7. The number of nitrogens with one attached hydrogen (secondary N) is 1. The second-order valence-corrected chi connectivity index (χ2v) is 4.15. The van der Waals surface area contributed by atoms with Gasteiger partial charge in [-0.1, -0.05) is 11.8 Å². The van der Waals surface area contributed by atoms with Crippen LogP contribution in [0.4, 0.5) is 10.1 Å². The van der Waals surface area contributed by atoms with E-state index in [4.69, 9.17) is 5.11 Å². The third kappa shape index (κ3) is 3.81. The fourth-order valence-corrected chi connectivity index (χ4v) is 1.67. The van der Waals surface area contributed by atoms with Crippen molar-refractivity contribution in [3.63, 3.8) is 0 Å². The molecule has 21 heavy (non-hydrogen) atoms. The zero-order chi connectivity index (χ0) is 15.2. The molecule has 106 valence electrons. The first-order valence-electron chi connectivity index (χ1n) is 6.10. The van der Waals surface area contributed by atoms with Gasteiger partial charge in [0.2, 0.25) is 0 Å². The molecule has 0 atom stereocenters. The number of anilines is 1. The van der Waals surface area contributed by atoms with E-state index in [0.29, 0.717) is 11.3 Å². The van der Waals surface area contributed by atoms with Crippen molar-refractivity contribution in [2.75, 3.05) is 11.9 Å². The molecule has 0 heterocycles. The third-order valence-corrected chi connectivity index (χ3v) is 2.66. The van der Waals surface area contributed by atoms with Crippen molar-refractivity contribution in [3.8, 4) is 17.6 Å². The maximum absolute atomic E-state index is 13.1. The first-order chi connectivity index (χ1) is 10.1. The lowest BCUT2D eigenvalue weighted by molar-refractivity contribution is 0.102. The summed E-state index contributed by atoms with van der Waals surface area (Å²) in [5.41, 5.74) is 1.04. The van der Waals surface area contributed by atoms with Crippen LogP contribution in [0.1, 0.15) is 15.9 Å². The lowest BCUT2D eigenvalue weighted by atomic mass is 10.1. The second kappa shape index (κ2) is 6.55. The predicted molar refractivity (Wildman–Crippen MR) is 76.4 cm³/mol. The molecule has 0 unspecified atom stereocenters. The Labute approximate surface area is 120 Å². The topological polar surface area (TPSA) is 69.6 Å². The molecule has 0 radical (unpaired) electrons. The molecule has 2 aromatic carbocycles. The largest absolute Gasteiger partial charge is 0.507 e. The van der Waals surface area contributed by atoms with Crippen LogP contribution in [0.2, 0.25) is 0 Å². The van der Waals surface area contributed by atoms with E-state index in [1.54, 1.807) is 24.3 Å². The fraction of sp³-hybridized carbons (Fsp3) is 0.0625. The summed E-state index contributed by atoms with van der Waals surface area (Å²) in [4.78, 5) is 11.9. The van der Waals surface area contributed by atoms with Crippen molar-refractivity contribution >= 4 is 11.6 Å². The smallest absolute Gasteiger partial charge is 0.259 e. The highest BCUT2D eigenvalue weighted by Crippen LogP contribution is 2.19. The number of carbonyl (C=O) groups excluding carboxylic acids is 1. The summed E-state index contributed by atoms with van der Waals surface area (Å²) in [6, 6.07) is 9.74. The number of aliphatic hydroxyl groups excluding tert-OH is 1. The average Bonchev–Trinajstić information content (AvgIpc) is 2.49. The molecule has 1 amide bonds. The van der Waals surface area contributed by atoms with Crippen LogP contribution in [0.25, 0.3) is 0 Å². The SMILES string of the molecule is O=C(Nc1ccc(C#CCO)cc1)c1cc(F)ccc1O. The van der Waals surface area contributed by atoms with Crippen molar-refractivity contribution in [1.29, 1.82) is 0 Å². The van der Waals surface area contributed by atoms with Crippen molar-refractivity contribution < 1.29 is 19.4 Å². The van der Waals surface area contributed by atoms with E-state index < -0.39 is 11.7 Å². The highest BCUT2D eigenvalue weighted by Gasteiger charge is 2.12. The third-order valence-electron chi connectivity index (χ3n) is 2.66. The van der Waals surface area contributed by atoms with Gasteiger partial charge in [0.25, 0.3) is 5.91 Å². The van der Waals surface area contributed by atoms with Gasteiger partial charge in [0.1, 0.15) is 18.2 Å². The fourth-order valence-electron chi connectivity index (χ4n) is 1.67. The molecular weight excluding hydrogens is 273 g/mol. The van der Waals surface area contributed by atoms with Gasteiger partial charge in [0.15, 0.2) is 0 Å². The molecular formula is C16H12FNO3. The molecule has 0 aliphatic carbocycles. The number of aromatic hydroxyl groups is 1. The zero-order valence-electron chi connectivity index (χ0n) is 10.9. The molecule has 0 fully saturated rings. The van der Waals surface area contributed by atoms with Crippen LogP contribution in [-0.2, 0) is 0 Å². The molecule has 2 aromatic rings. The van der Waals surface area contributed by atoms with E-state index in [-0.39, 0.29) is 17.9 Å². The summed E-state index contributed by atoms with van der Waals surface area (Å²) < 4.78 is 13.1. The minimum atomic E-state index is -0.610. The van der Waals surface area contributed by atoms with Crippen LogP contribution < -0.4 is 5.32 Å². The van der Waals surface area contributed by atoms with Gasteiger partial charge in [-0.25, -0.2) is 4.39 Å². The van der Waals surface area contributed by atoms with E-state index in [1.165, 1.54) is 0 Å². The molecule has 5 heteroatoms. The van der Waals surface area contributed by atoms with Gasteiger partial charge in [0.05, 0.1) is 5.56 Å². The minimum Gasteiger partial charge on any atom is -0.507 e. The number of amides is 1. The monoisotopic (exact) mass is 285 g/mol. The van der Waals surface area contributed by atoms with E-state index in [0.717, 1.165) is 18.2 Å². The highest BCUT2D eigenvalue weighted by atomic mass is 19.1. The van der Waals surface area contributed by atoms with Gasteiger partial charge in [-0.2, -0.15) is 0 Å². The first-order valence-corrected chi connectivity index (χ1v) is 6.10. The maximum Gasteiger partial charge on any atom is 0.259 e. The Morgan fingerprint density at radius 3 is 2.57 bits per heavy atom. The van der Waals surface area contributed by atoms with Crippen molar-refractivity contribution in [3.05, 3.63) is 59.4 Å². The number of hydrogen-bond donors (Lipinski definition) is 3. The second-order valence-electron chi connectivity index (χ2n) is 4.15. The maximum atomic E-state index is 13.1. The average molecular weight is 285 g/mol. The minimum absolute atomic E-state index is 0.140. The summed E-state index contributed by atoms with van der Waals surface area (Å²) >= 11 is 0. The Hall–Kier alpha value is -2.84. The van der Waals surface area contributed by atoms with E-state index in [1.807, 2.05) is 0 Å². The van der Waals surface area contributed by atoms with Crippen molar-refractivity contribution in [2.45, 2.75) is 0 Å². The van der Waals surface area contributed by atoms with Crippen LogP contribution in [-0.4, -0.2) is 22.7 Å². The van der Waals surface area contributed by atoms with Crippen LogP contribution >= 0.6 is 0 Å². The Morgan fingerprint density at radius 1 is 1.19 bits per heavy atom. The molecule has 2 rings (SSSR count). The lowest BCUT2D eigenvalue weighted by Crippen LogP contribution is -2.12. The van der Waals surface area contributed by atoms with Crippen LogP contribution in [0.5, 0.6) is 5.75 Å². The van der Waals surface area contributed by atoms with Crippen molar-refractivity contribution in [2.24, 2.45) is 0 Å². The number of phenolic OH excluding ortho intramolecular Hbond substituents is 1. The van der Waals surface area contributed by atoms with E-state index >= 15 is 0 Å².